The number of H-pyrrole nitrogens is 2. The van der Waals surface area contributed by atoms with Gasteiger partial charge in [0, 0.05) is 55.0 Å². The minimum atomic E-state index is -0.342. The van der Waals surface area contributed by atoms with Crippen molar-refractivity contribution in [1.29, 1.82) is 0 Å². The van der Waals surface area contributed by atoms with Crippen LogP contribution in [0.5, 0.6) is 0 Å². The number of esters is 4. The van der Waals surface area contributed by atoms with E-state index in [9.17, 15) is 19.2 Å². The summed E-state index contributed by atoms with van der Waals surface area (Å²) >= 11 is 4.63. The smallest absolute Gasteiger partial charge is 0.305 e. The molecule has 5 aromatic rings. The molecule has 7 rings (SSSR count). The standard InChI is InChI=1S/C52H52I2N4O8/c1-27-35(15-19-43(59)63-5)39-25-40-37(17-21-45(61)65-7)29(3)51(57-40)48(32-12-10-14-34(54)24-32)52-30(4)38(18-22-46(62)66-8)42(58-52)26-41-36(16-20-44(60)64-6)28(2)50(56-41)47(49(27)55-39)31-11-9-13-33(53)23-31/h9-14,23-26,55,57H,15-22H2,1-8H3. The Balaban J connectivity index is 1.75. The van der Waals surface area contributed by atoms with Crippen LogP contribution in [0.25, 0.3) is 66.6 Å². The highest BCUT2D eigenvalue weighted by molar-refractivity contribution is 14.1. The zero-order valence-electron chi connectivity index (χ0n) is 38.3. The van der Waals surface area contributed by atoms with Gasteiger partial charge in [0.15, 0.2) is 0 Å². The number of aromatic nitrogens is 4. The molecule has 342 valence electrons. The van der Waals surface area contributed by atoms with E-state index in [1.165, 1.54) is 28.4 Å². The molecule has 2 aliphatic heterocycles. The number of fused-ring (bicyclic) bond motifs is 8. The number of ether oxygens (including phenoxy) is 4. The maximum absolute atomic E-state index is 12.8. The number of halogens is 2. The van der Waals surface area contributed by atoms with E-state index in [1.807, 2.05) is 44.2 Å². The van der Waals surface area contributed by atoms with Crippen molar-refractivity contribution in [2.24, 2.45) is 0 Å². The van der Waals surface area contributed by atoms with Crippen LogP contribution < -0.4 is 0 Å². The molecule has 2 aliphatic rings. The van der Waals surface area contributed by atoms with Crippen molar-refractivity contribution in [2.75, 3.05) is 28.4 Å². The zero-order valence-corrected chi connectivity index (χ0v) is 42.7. The van der Waals surface area contributed by atoms with Crippen molar-refractivity contribution in [3.8, 4) is 22.3 Å². The summed E-state index contributed by atoms with van der Waals surface area (Å²) in [6.07, 6.45) is 2.03. The van der Waals surface area contributed by atoms with Crippen molar-refractivity contribution < 1.29 is 38.1 Å². The Hall–Kier alpha value is -5.62. The van der Waals surface area contributed by atoms with E-state index in [4.69, 9.17) is 28.9 Å². The molecule has 0 fully saturated rings. The van der Waals surface area contributed by atoms with Crippen molar-refractivity contribution in [3.63, 3.8) is 0 Å². The van der Waals surface area contributed by atoms with E-state index in [0.29, 0.717) is 48.5 Å². The number of carbonyl (C=O) groups excluding carboxylic acids is 4. The normalized spacial score (nSPS) is 12.4. The van der Waals surface area contributed by atoms with Crippen LogP contribution in [0, 0.1) is 21.0 Å². The molecule has 14 heteroatoms. The lowest BCUT2D eigenvalue weighted by Crippen LogP contribution is -2.02. The molecule has 66 heavy (non-hydrogen) atoms. The first-order valence-corrected chi connectivity index (χ1v) is 23.8. The molecule has 5 heterocycles. The third kappa shape index (κ3) is 10.0. The first-order chi connectivity index (χ1) is 31.7. The highest BCUT2D eigenvalue weighted by atomic mass is 127. The summed E-state index contributed by atoms with van der Waals surface area (Å²) in [5.74, 6) is -1.34. The maximum atomic E-state index is 12.8. The number of allylic oxidation sites excluding steroid dienone is 4. The van der Waals surface area contributed by atoms with Gasteiger partial charge in [0.2, 0.25) is 0 Å². The van der Waals surface area contributed by atoms with Gasteiger partial charge in [-0.15, -0.1) is 0 Å². The van der Waals surface area contributed by atoms with Gasteiger partial charge in [0.25, 0.3) is 0 Å². The molecule has 2 N–H and O–H groups in total. The Bertz CT molecular complexity index is 2830. The fraction of sp³-hybridized carbons (Fsp3) is 0.308. The summed E-state index contributed by atoms with van der Waals surface area (Å²) in [7, 11) is 5.56. The molecule has 0 unspecified atom stereocenters. The van der Waals surface area contributed by atoms with Crippen molar-refractivity contribution in [2.45, 2.75) is 79.1 Å². The van der Waals surface area contributed by atoms with Crippen LogP contribution in [0.15, 0.2) is 60.7 Å². The van der Waals surface area contributed by atoms with Crippen LogP contribution in [0.3, 0.4) is 0 Å². The van der Waals surface area contributed by atoms with Gasteiger partial charge in [-0.2, -0.15) is 0 Å². The molecule has 0 radical (unpaired) electrons. The largest absolute Gasteiger partial charge is 0.469 e. The van der Waals surface area contributed by atoms with Gasteiger partial charge in [0.1, 0.15) is 0 Å². The minimum absolute atomic E-state index is 0.130. The van der Waals surface area contributed by atoms with Gasteiger partial charge in [-0.3, -0.25) is 19.2 Å². The summed E-state index contributed by atoms with van der Waals surface area (Å²) in [6, 6.07) is 20.5. The van der Waals surface area contributed by atoms with Gasteiger partial charge >= 0.3 is 23.9 Å². The van der Waals surface area contributed by atoms with Crippen LogP contribution in [0.4, 0.5) is 0 Å². The Kier molecular flexibility index (Phi) is 15.3. The summed E-state index contributed by atoms with van der Waals surface area (Å²) in [6.45, 7) is 8.17. The fourth-order valence-corrected chi connectivity index (χ4v) is 10.0. The molecule has 0 aliphatic carbocycles. The van der Waals surface area contributed by atoms with Crippen molar-refractivity contribution in [3.05, 3.63) is 113 Å². The van der Waals surface area contributed by atoms with E-state index in [0.717, 1.165) is 96.0 Å². The third-order valence-electron chi connectivity index (χ3n) is 12.5. The average molecular weight is 1110 g/mol. The fourth-order valence-electron chi connectivity index (χ4n) is 8.95. The molecule has 3 aromatic heterocycles. The second kappa shape index (κ2) is 20.9. The molecule has 12 nitrogen and oxygen atoms in total. The summed E-state index contributed by atoms with van der Waals surface area (Å²) in [4.78, 5) is 69.8. The van der Waals surface area contributed by atoms with Crippen LogP contribution in [0.2, 0.25) is 0 Å². The van der Waals surface area contributed by atoms with Gasteiger partial charge in [0.05, 0.1) is 62.2 Å². The second-order valence-electron chi connectivity index (χ2n) is 16.3. The van der Waals surface area contributed by atoms with Crippen molar-refractivity contribution in [1.82, 2.24) is 19.9 Å². The SMILES string of the molecule is COC(=O)CCC1=C(C)c2nc1cc1nc(c(-c3cccc(I)c3)c3[nH]c(cc4[nH]c(c(C)c4CCC(=O)OC)c2-c2cccc(I)c2)c(CCC(=O)OC)c3C)C(C)=C1CCC(=O)OC. The number of hydrogen-bond donors (Lipinski definition) is 2. The highest BCUT2D eigenvalue weighted by Gasteiger charge is 2.28. The van der Waals surface area contributed by atoms with Gasteiger partial charge in [-0.05, 0) is 191 Å². The maximum Gasteiger partial charge on any atom is 0.305 e. The molecule has 0 saturated carbocycles. The monoisotopic (exact) mass is 1110 g/mol. The van der Waals surface area contributed by atoms with E-state index in [1.54, 1.807) is 0 Å². The predicted molar refractivity (Wildman–Crippen MR) is 275 cm³/mol. The molecule has 8 bridgehead atoms. The zero-order chi connectivity index (χ0) is 47.4. The quantitative estimate of drug-likeness (QED) is 0.0622. The lowest BCUT2D eigenvalue weighted by Gasteiger charge is -2.09. The van der Waals surface area contributed by atoms with Crippen molar-refractivity contribution >= 4 is 113 Å². The topological polar surface area (TPSA) is 163 Å². The van der Waals surface area contributed by atoms with E-state index >= 15 is 0 Å². The summed E-state index contributed by atoms with van der Waals surface area (Å²) in [5, 5.41) is 0. The lowest BCUT2D eigenvalue weighted by atomic mass is 9.94. The van der Waals surface area contributed by atoms with Gasteiger partial charge < -0.3 is 28.9 Å². The molecule has 2 aromatic carbocycles. The number of aromatic amines is 2. The van der Waals surface area contributed by atoms with Crippen LogP contribution >= 0.6 is 45.2 Å². The number of hydrogen-bond acceptors (Lipinski definition) is 10. The molecule has 0 spiro atoms. The molecular weight excluding hydrogens is 1060 g/mol. The van der Waals surface area contributed by atoms with Crippen LogP contribution in [0.1, 0.15) is 97.4 Å². The van der Waals surface area contributed by atoms with E-state index in [-0.39, 0.29) is 49.6 Å². The molecule has 0 atom stereocenters. The van der Waals surface area contributed by atoms with E-state index < -0.39 is 0 Å². The lowest BCUT2D eigenvalue weighted by molar-refractivity contribution is -0.141. The minimum Gasteiger partial charge on any atom is -0.469 e. The van der Waals surface area contributed by atoms with E-state index in [2.05, 4.69) is 99.3 Å². The number of rotatable bonds is 14. The van der Waals surface area contributed by atoms with Gasteiger partial charge in [-0.25, -0.2) is 9.97 Å². The first-order valence-electron chi connectivity index (χ1n) is 21.7. The Labute approximate surface area is 411 Å². The second-order valence-corrected chi connectivity index (χ2v) is 18.8. The Morgan fingerprint density at radius 1 is 0.515 bits per heavy atom. The average Bonchev–Trinajstić information content (AvgIpc) is 3.99. The van der Waals surface area contributed by atoms with Gasteiger partial charge in [-0.1, -0.05) is 24.3 Å². The van der Waals surface area contributed by atoms with Crippen LogP contribution in [-0.4, -0.2) is 72.3 Å². The number of methoxy groups -OCH3 is 4. The number of aryl methyl sites for hydroxylation is 4. The molecular formula is C52H52I2N4O8. The number of benzene rings is 2. The number of carbonyl (C=O) groups is 4. The number of nitrogens with zero attached hydrogens (tertiary/aromatic N) is 2. The Morgan fingerprint density at radius 2 is 0.879 bits per heavy atom. The molecule has 0 saturated heterocycles. The van der Waals surface area contributed by atoms with Crippen LogP contribution in [-0.2, 0) is 51.0 Å². The summed E-state index contributed by atoms with van der Waals surface area (Å²) < 4.78 is 22.6. The highest BCUT2D eigenvalue weighted by Crippen LogP contribution is 2.45. The predicted octanol–water partition coefficient (Wildman–Crippen LogP) is 11.5. The first kappa shape index (κ1) is 48.3. The third-order valence-corrected chi connectivity index (χ3v) is 13.9. The summed E-state index contributed by atoms with van der Waals surface area (Å²) in [5.41, 5.74) is 16.7. The molecule has 0 amide bonds. The number of nitrogens with one attached hydrogen (secondary N) is 2. The Morgan fingerprint density at radius 3 is 1.23 bits per heavy atom.